The van der Waals surface area contributed by atoms with Crippen LogP contribution in [0.3, 0.4) is 0 Å². The van der Waals surface area contributed by atoms with E-state index in [-0.39, 0.29) is 25.2 Å². The van der Waals surface area contributed by atoms with Crippen LogP contribution in [-0.4, -0.2) is 23.5 Å². The van der Waals surface area contributed by atoms with E-state index in [1.807, 2.05) is 0 Å². The summed E-state index contributed by atoms with van der Waals surface area (Å²) in [6.45, 7) is 5.30. The van der Waals surface area contributed by atoms with Crippen LogP contribution in [0, 0.1) is 5.92 Å². The molecule has 1 aliphatic rings. The number of hydrogen-bond acceptors (Lipinski definition) is 3. The van der Waals surface area contributed by atoms with Gasteiger partial charge in [-0.25, -0.2) is 8.78 Å². The molecule has 2 N–H and O–H groups in total. The summed E-state index contributed by atoms with van der Waals surface area (Å²) >= 11 is 0. The molecule has 0 aliphatic heterocycles. The summed E-state index contributed by atoms with van der Waals surface area (Å²) in [4.78, 5) is 11.8. The predicted molar refractivity (Wildman–Crippen MR) is 60.7 cm³/mol. The van der Waals surface area contributed by atoms with Gasteiger partial charge < -0.3 is 10.5 Å². The molecule has 0 aromatic carbocycles. The molecule has 0 amide bonds. The second kappa shape index (κ2) is 4.88. The summed E-state index contributed by atoms with van der Waals surface area (Å²) in [5.41, 5.74) is 4.82. The summed E-state index contributed by atoms with van der Waals surface area (Å²) < 4.78 is 31.9. The minimum atomic E-state index is -2.86. The van der Waals surface area contributed by atoms with Crippen LogP contribution < -0.4 is 5.73 Å². The molecule has 100 valence electrons. The van der Waals surface area contributed by atoms with Crippen LogP contribution in [0.2, 0.25) is 0 Å². The maximum absolute atomic E-state index is 13.4. The van der Waals surface area contributed by atoms with Crippen molar-refractivity contribution in [2.45, 2.75) is 64.0 Å². The predicted octanol–water partition coefficient (Wildman–Crippen LogP) is 2.48. The van der Waals surface area contributed by atoms with E-state index in [1.165, 1.54) is 0 Å². The Labute approximate surface area is 101 Å². The Morgan fingerprint density at radius 1 is 1.29 bits per heavy atom. The number of esters is 1. The van der Waals surface area contributed by atoms with Gasteiger partial charge in [-0.15, -0.1) is 0 Å². The van der Waals surface area contributed by atoms with Crippen LogP contribution in [0.4, 0.5) is 8.78 Å². The lowest BCUT2D eigenvalue weighted by Crippen LogP contribution is -2.39. The lowest BCUT2D eigenvalue weighted by Gasteiger charge is -2.23. The van der Waals surface area contributed by atoms with E-state index in [1.54, 1.807) is 20.8 Å². The first-order valence-electron chi connectivity index (χ1n) is 5.98. The van der Waals surface area contributed by atoms with Gasteiger partial charge in [0.05, 0.1) is 12.0 Å². The number of nitrogens with two attached hydrogens (primary N) is 1. The second-order valence-electron chi connectivity index (χ2n) is 5.71. The Kier molecular flexibility index (Phi) is 4.12. The molecule has 1 fully saturated rings. The number of carbonyl (C=O) groups is 1. The monoisotopic (exact) mass is 249 g/mol. The normalized spacial score (nSPS) is 29.5. The van der Waals surface area contributed by atoms with Gasteiger partial charge in [0.25, 0.3) is 5.92 Å². The van der Waals surface area contributed by atoms with Crippen LogP contribution in [0.5, 0.6) is 0 Å². The molecule has 0 saturated heterocycles. The third-order valence-corrected chi connectivity index (χ3v) is 2.93. The fourth-order valence-electron chi connectivity index (χ4n) is 1.91. The highest BCUT2D eigenvalue weighted by molar-refractivity contribution is 5.72. The summed E-state index contributed by atoms with van der Waals surface area (Å²) in [7, 11) is 0. The Balaban J connectivity index is 2.60. The number of alkyl halides is 2. The maximum Gasteiger partial charge on any atom is 0.309 e. The molecule has 0 spiro atoms. The third-order valence-electron chi connectivity index (χ3n) is 2.93. The van der Waals surface area contributed by atoms with E-state index in [0.29, 0.717) is 6.42 Å². The third kappa shape index (κ3) is 4.22. The van der Waals surface area contributed by atoms with Crippen molar-refractivity contribution in [2.24, 2.45) is 11.7 Å². The standard InChI is InChI=1S/C12H21F2NO2/c1-11(2,3)17-10(16)8-4-5-9(15)12(13,14)7-6-8/h8-9H,4-7,15H2,1-3H3/t8-,9-/m1/s1. The number of hydrogen-bond donors (Lipinski definition) is 1. The van der Waals surface area contributed by atoms with Crippen molar-refractivity contribution in [1.29, 1.82) is 0 Å². The highest BCUT2D eigenvalue weighted by Crippen LogP contribution is 2.34. The van der Waals surface area contributed by atoms with Crippen LogP contribution in [0.25, 0.3) is 0 Å². The Bertz CT molecular complexity index is 287. The van der Waals surface area contributed by atoms with Gasteiger partial charge in [-0.05, 0) is 40.0 Å². The molecule has 0 radical (unpaired) electrons. The highest BCUT2D eigenvalue weighted by Gasteiger charge is 2.41. The van der Waals surface area contributed by atoms with Gasteiger partial charge in [-0.1, -0.05) is 0 Å². The van der Waals surface area contributed by atoms with E-state index in [9.17, 15) is 13.6 Å². The molecule has 3 nitrogen and oxygen atoms in total. The molecule has 5 heteroatoms. The van der Waals surface area contributed by atoms with Crippen molar-refractivity contribution in [3.63, 3.8) is 0 Å². The van der Waals surface area contributed by atoms with E-state index in [4.69, 9.17) is 10.5 Å². The molecule has 1 aliphatic carbocycles. The van der Waals surface area contributed by atoms with Crippen LogP contribution in [0.1, 0.15) is 46.5 Å². The van der Waals surface area contributed by atoms with Gasteiger partial charge in [0, 0.05) is 6.42 Å². The topological polar surface area (TPSA) is 52.3 Å². The number of ether oxygens (including phenoxy) is 1. The van der Waals surface area contributed by atoms with Gasteiger partial charge in [0.1, 0.15) is 5.60 Å². The lowest BCUT2D eigenvalue weighted by atomic mass is 10.00. The maximum atomic E-state index is 13.4. The lowest BCUT2D eigenvalue weighted by molar-refractivity contribution is -0.160. The molecular formula is C12H21F2NO2. The van der Waals surface area contributed by atoms with Crippen LogP contribution in [0.15, 0.2) is 0 Å². The molecule has 0 aromatic rings. The first-order valence-corrected chi connectivity index (χ1v) is 5.98. The van der Waals surface area contributed by atoms with Crippen molar-refractivity contribution < 1.29 is 18.3 Å². The van der Waals surface area contributed by atoms with Crippen molar-refractivity contribution in [2.75, 3.05) is 0 Å². The van der Waals surface area contributed by atoms with Gasteiger partial charge in [-0.3, -0.25) is 4.79 Å². The zero-order valence-electron chi connectivity index (χ0n) is 10.6. The average Bonchev–Trinajstić information content (AvgIpc) is 2.25. The Hall–Kier alpha value is -0.710. The molecule has 17 heavy (non-hydrogen) atoms. The van der Waals surface area contributed by atoms with Crippen molar-refractivity contribution >= 4 is 5.97 Å². The zero-order chi connectivity index (χ0) is 13.3. The molecule has 0 unspecified atom stereocenters. The van der Waals surface area contributed by atoms with Gasteiger partial charge in [0.15, 0.2) is 0 Å². The second-order valence-corrected chi connectivity index (χ2v) is 5.71. The Morgan fingerprint density at radius 2 is 1.88 bits per heavy atom. The van der Waals surface area contributed by atoms with E-state index < -0.39 is 23.5 Å². The molecule has 1 rings (SSSR count). The number of rotatable bonds is 1. The summed E-state index contributed by atoms with van der Waals surface area (Å²) in [6, 6.07) is -1.14. The smallest absolute Gasteiger partial charge is 0.309 e. The molecular weight excluding hydrogens is 228 g/mol. The quantitative estimate of drug-likeness (QED) is 0.573. The molecule has 0 aromatic heterocycles. The summed E-state index contributed by atoms with van der Waals surface area (Å²) in [6.07, 6.45) is 0.357. The average molecular weight is 249 g/mol. The van der Waals surface area contributed by atoms with Crippen molar-refractivity contribution in [3.8, 4) is 0 Å². The minimum Gasteiger partial charge on any atom is -0.460 e. The zero-order valence-corrected chi connectivity index (χ0v) is 10.6. The number of halogens is 2. The van der Waals surface area contributed by atoms with Crippen molar-refractivity contribution in [3.05, 3.63) is 0 Å². The Morgan fingerprint density at radius 3 is 2.41 bits per heavy atom. The van der Waals surface area contributed by atoms with Crippen LogP contribution >= 0.6 is 0 Å². The fraction of sp³-hybridized carbons (Fsp3) is 0.917. The molecule has 2 atom stereocenters. The molecule has 1 saturated carbocycles. The van der Waals surface area contributed by atoms with Gasteiger partial charge in [0.2, 0.25) is 0 Å². The molecule has 0 heterocycles. The highest BCUT2D eigenvalue weighted by atomic mass is 19.3. The van der Waals surface area contributed by atoms with Crippen molar-refractivity contribution in [1.82, 2.24) is 0 Å². The summed E-state index contributed by atoms with van der Waals surface area (Å²) in [5, 5.41) is 0. The largest absolute Gasteiger partial charge is 0.460 e. The SMILES string of the molecule is CC(C)(C)OC(=O)[C@@H]1CC[C@@H](N)C(F)(F)CC1. The summed E-state index contributed by atoms with van der Waals surface area (Å²) in [5.74, 6) is -3.70. The van der Waals surface area contributed by atoms with Crippen LogP contribution in [-0.2, 0) is 9.53 Å². The van der Waals surface area contributed by atoms with E-state index >= 15 is 0 Å². The van der Waals surface area contributed by atoms with E-state index in [0.717, 1.165) is 0 Å². The first-order chi connectivity index (χ1) is 7.62. The van der Waals surface area contributed by atoms with E-state index in [2.05, 4.69) is 0 Å². The minimum absolute atomic E-state index is 0.148. The fourth-order valence-corrected chi connectivity index (χ4v) is 1.91. The van der Waals surface area contributed by atoms with Gasteiger partial charge >= 0.3 is 5.97 Å². The number of carbonyl (C=O) groups excluding carboxylic acids is 1. The van der Waals surface area contributed by atoms with Gasteiger partial charge in [-0.2, -0.15) is 0 Å². The first kappa shape index (κ1) is 14.4. The molecule has 0 bridgehead atoms.